The molecular formula is C19H28BrFN2O3. The van der Waals surface area contributed by atoms with Gasteiger partial charge >= 0.3 is 6.09 Å². The van der Waals surface area contributed by atoms with E-state index in [2.05, 4.69) is 27.8 Å². The first-order valence-corrected chi connectivity index (χ1v) is 9.75. The summed E-state index contributed by atoms with van der Waals surface area (Å²) in [5.41, 5.74) is -0.476. The molecule has 0 radical (unpaired) electrons. The maximum Gasteiger partial charge on any atom is 0.410 e. The molecule has 26 heavy (non-hydrogen) atoms. The zero-order valence-corrected chi connectivity index (χ0v) is 17.5. The summed E-state index contributed by atoms with van der Waals surface area (Å²) in [6.07, 6.45) is 0.536. The Labute approximate surface area is 163 Å². The number of rotatable bonds is 5. The van der Waals surface area contributed by atoms with Gasteiger partial charge in [-0.2, -0.15) is 0 Å². The third kappa shape index (κ3) is 6.13. The van der Waals surface area contributed by atoms with Crippen molar-refractivity contribution >= 4 is 22.0 Å². The number of ether oxygens (including phenoxy) is 2. The van der Waals surface area contributed by atoms with Crippen LogP contribution in [0.4, 0.5) is 9.18 Å². The van der Waals surface area contributed by atoms with Gasteiger partial charge in [-0.25, -0.2) is 9.18 Å². The molecule has 0 saturated carbocycles. The number of hydrogen-bond donors (Lipinski definition) is 0. The molecule has 0 bridgehead atoms. The molecule has 146 valence electrons. The highest BCUT2D eigenvalue weighted by Crippen LogP contribution is 2.27. The van der Waals surface area contributed by atoms with Crippen LogP contribution in [0.5, 0.6) is 5.75 Å². The lowest BCUT2D eigenvalue weighted by Crippen LogP contribution is -2.54. The molecule has 0 aromatic heterocycles. The number of carbonyl (C=O) groups excluding carboxylic acids is 1. The molecule has 0 unspecified atom stereocenters. The van der Waals surface area contributed by atoms with Gasteiger partial charge in [0.25, 0.3) is 0 Å². The highest BCUT2D eigenvalue weighted by atomic mass is 79.9. The first kappa shape index (κ1) is 21.0. The predicted molar refractivity (Wildman–Crippen MR) is 103 cm³/mol. The van der Waals surface area contributed by atoms with Crippen molar-refractivity contribution in [2.24, 2.45) is 0 Å². The van der Waals surface area contributed by atoms with Gasteiger partial charge in [-0.05, 0) is 62.2 Å². The zero-order chi connectivity index (χ0) is 19.3. The minimum Gasteiger partial charge on any atom is -0.489 e. The second kappa shape index (κ2) is 9.04. The Bertz CT molecular complexity index is 601. The van der Waals surface area contributed by atoms with Crippen molar-refractivity contribution in [2.45, 2.75) is 45.8 Å². The molecule has 1 amide bonds. The maximum atomic E-state index is 13.7. The molecule has 2 rings (SSSR count). The van der Waals surface area contributed by atoms with E-state index in [1.807, 2.05) is 20.8 Å². The van der Waals surface area contributed by atoms with E-state index in [1.165, 1.54) is 6.07 Å². The van der Waals surface area contributed by atoms with Crippen LogP contribution in [-0.4, -0.2) is 60.3 Å². The third-order valence-corrected chi connectivity index (χ3v) is 4.80. The summed E-state index contributed by atoms with van der Waals surface area (Å²) in [5, 5.41) is 0. The smallest absolute Gasteiger partial charge is 0.410 e. The average Bonchev–Trinajstić information content (AvgIpc) is 2.53. The van der Waals surface area contributed by atoms with Crippen LogP contribution in [0.2, 0.25) is 0 Å². The molecule has 1 saturated heterocycles. The van der Waals surface area contributed by atoms with E-state index in [0.717, 1.165) is 19.5 Å². The van der Waals surface area contributed by atoms with Crippen molar-refractivity contribution in [1.82, 2.24) is 9.80 Å². The molecule has 0 spiro atoms. The van der Waals surface area contributed by atoms with E-state index in [0.29, 0.717) is 24.2 Å². The lowest BCUT2D eigenvalue weighted by Gasteiger charge is -2.40. The number of piperazine rings is 1. The van der Waals surface area contributed by atoms with Crippen LogP contribution in [0.25, 0.3) is 0 Å². The summed E-state index contributed by atoms with van der Waals surface area (Å²) in [6, 6.07) is 5.03. The molecule has 1 aliphatic heterocycles. The van der Waals surface area contributed by atoms with Gasteiger partial charge in [-0.15, -0.1) is 0 Å². The third-order valence-electron chi connectivity index (χ3n) is 4.17. The van der Waals surface area contributed by atoms with Gasteiger partial charge in [0.15, 0.2) is 11.6 Å². The quantitative estimate of drug-likeness (QED) is 0.653. The van der Waals surface area contributed by atoms with Crippen molar-refractivity contribution in [3.8, 4) is 5.75 Å². The van der Waals surface area contributed by atoms with Crippen molar-refractivity contribution in [1.29, 1.82) is 0 Å². The number of benzene rings is 1. The minimum atomic E-state index is -0.476. The molecule has 1 aromatic carbocycles. The zero-order valence-electron chi connectivity index (χ0n) is 15.9. The second-order valence-electron chi connectivity index (χ2n) is 7.56. The molecule has 1 aromatic rings. The average molecular weight is 431 g/mol. The van der Waals surface area contributed by atoms with E-state index >= 15 is 0 Å². The molecule has 0 aliphatic carbocycles. The van der Waals surface area contributed by atoms with Crippen molar-refractivity contribution in [2.75, 3.05) is 32.8 Å². The number of hydrogen-bond acceptors (Lipinski definition) is 4. The van der Waals surface area contributed by atoms with Crippen LogP contribution in [0.3, 0.4) is 0 Å². The van der Waals surface area contributed by atoms with Gasteiger partial charge in [0.1, 0.15) is 5.60 Å². The Morgan fingerprint density at radius 3 is 2.69 bits per heavy atom. The Morgan fingerprint density at radius 1 is 1.35 bits per heavy atom. The summed E-state index contributed by atoms with van der Waals surface area (Å²) in [5.74, 6) is -0.103. The van der Waals surface area contributed by atoms with Crippen molar-refractivity contribution in [3.05, 3.63) is 28.5 Å². The fraction of sp³-hybridized carbons (Fsp3) is 0.632. The minimum absolute atomic E-state index is 0.247. The molecule has 5 nitrogen and oxygen atoms in total. The van der Waals surface area contributed by atoms with Gasteiger partial charge < -0.3 is 14.4 Å². The van der Waals surface area contributed by atoms with Crippen LogP contribution >= 0.6 is 15.9 Å². The normalized spacial score (nSPS) is 18.7. The summed E-state index contributed by atoms with van der Waals surface area (Å²) >= 11 is 3.30. The molecule has 7 heteroatoms. The van der Waals surface area contributed by atoms with Crippen LogP contribution in [0, 0.1) is 5.82 Å². The van der Waals surface area contributed by atoms with Gasteiger partial charge in [0, 0.05) is 32.2 Å². The standard InChI is InChI=1S/C19H28BrFN2O3/c1-14-13-23(18(24)26-19(2,3)4)11-10-22(14)9-6-12-25-17-15(20)7-5-8-16(17)21/h5,7-8,14H,6,9-13H2,1-4H3/t14-/m0/s1. The first-order valence-electron chi connectivity index (χ1n) is 8.96. The van der Waals surface area contributed by atoms with Gasteiger partial charge in [-0.3, -0.25) is 4.90 Å². The molecule has 0 N–H and O–H groups in total. The maximum absolute atomic E-state index is 13.7. The Hall–Kier alpha value is -1.34. The van der Waals surface area contributed by atoms with Crippen molar-refractivity contribution in [3.63, 3.8) is 0 Å². The number of carbonyl (C=O) groups is 1. The van der Waals surface area contributed by atoms with Crippen molar-refractivity contribution < 1.29 is 18.7 Å². The van der Waals surface area contributed by atoms with E-state index in [4.69, 9.17) is 9.47 Å². The number of halogens is 2. The Balaban J connectivity index is 1.74. The molecule has 1 atom stereocenters. The van der Waals surface area contributed by atoms with Crippen LogP contribution < -0.4 is 4.74 Å². The summed E-state index contributed by atoms with van der Waals surface area (Å²) < 4.78 is 25.4. The lowest BCUT2D eigenvalue weighted by molar-refractivity contribution is 0.00523. The van der Waals surface area contributed by atoms with Crippen LogP contribution in [-0.2, 0) is 4.74 Å². The summed E-state index contributed by atoms with van der Waals surface area (Å²) in [6.45, 7) is 11.1. The largest absolute Gasteiger partial charge is 0.489 e. The topological polar surface area (TPSA) is 42.0 Å². The fourth-order valence-corrected chi connectivity index (χ4v) is 3.34. The van der Waals surface area contributed by atoms with E-state index in [1.54, 1.807) is 17.0 Å². The molecule has 1 heterocycles. The molecule has 1 aliphatic rings. The number of amides is 1. The van der Waals surface area contributed by atoms with Gasteiger partial charge in [-0.1, -0.05) is 6.07 Å². The SMILES string of the molecule is C[C@H]1CN(C(=O)OC(C)(C)C)CCN1CCCOc1c(F)cccc1Br. The number of para-hydroxylation sites is 1. The van der Waals surface area contributed by atoms with Crippen LogP contribution in [0.1, 0.15) is 34.1 Å². The first-order chi connectivity index (χ1) is 12.2. The highest BCUT2D eigenvalue weighted by Gasteiger charge is 2.29. The molecule has 1 fully saturated rings. The van der Waals surface area contributed by atoms with E-state index in [-0.39, 0.29) is 23.7 Å². The second-order valence-corrected chi connectivity index (χ2v) is 8.42. The van der Waals surface area contributed by atoms with E-state index in [9.17, 15) is 9.18 Å². The van der Waals surface area contributed by atoms with Gasteiger partial charge in [0.2, 0.25) is 0 Å². The van der Waals surface area contributed by atoms with Crippen LogP contribution in [0.15, 0.2) is 22.7 Å². The monoisotopic (exact) mass is 430 g/mol. The molecular weight excluding hydrogens is 403 g/mol. The lowest BCUT2D eigenvalue weighted by atomic mass is 10.2. The Kier molecular flexibility index (Phi) is 7.29. The summed E-state index contributed by atoms with van der Waals surface area (Å²) in [4.78, 5) is 16.3. The highest BCUT2D eigenvalue weighted by molar-refractivity contribution is 9.10. The van der Waals surface area contributed by atoms with Gasteiger partial charge in [0.05, 0.1) is 11.1 Å². The van der Waals surface area contributed by atoms with E-state index < -0.39 is 5.60 Å². The summed E-state index contributed by atoms with van der Waals surface area (Å²) in [7, 11) is 0. The fourth-order valence-electron chi connectivity index (χ4n) is 2.88. The Morgan fingerprint density at radius 2 is 2.08 bits per heavy atom. The number of nitrogens with zero attached hydrogens (tertiary/aromatic N) is 2. The predicted octanol–water partition coefficient (Wildman–Crippen LogP) is 4.30.